The Morgan fingerprint density at radius 3 is 1.48 bits per heavy atom. The first-order valence-corrected chi connectivity index (χ1v) is 15.9. The van der Waals surface area contributed by atoms with Crippen molar-refractivity contribution in [1.82, 2.24) is 4.57 Å². The molecule has 0 bridgehead atoms. The second kappa shape index (κ2) is 11.8. The van der Waals surface area contributed by atoms with Gasteiger partial charge in [0.15, 0.2) is 11.5 Å². The summed E-state index contributed by atoms with van der Waals surface area (Å²) in [5, 5.41) is 5.13. The molecular formula is C37H35NO3P+. The van der Waals surface area contributed by atoms with Gasteiger partial charge in [0.1, 0.15) is 28.8 Å². The molecule has 0 fully saturated rings. The summed E-state index contributed by atoms with van der Waals surface area (Å²) >= 11 is 0. The van der Waals surface area contributed by atoms with Crippen molar-refractivity contribution in [3.05, 3.63) is 145 Å². The van der Waals surface area contributed by atoms with E-state index in [2.05, 4.69) is 145 Å². The minimum absolute atomic E-state index is 0.0792. The number of hydrogen-bond acceptors (Lipinski definition) is 3. The normalized spacial score (nSPS) is 12.2. The molecule has 5 aromatic carbocycles. The maximum atomic E-state index is 5.93. The van der Waals surface area contributed by atoms with Crippen LogP contribution in [0.15, 0.2) is 134 Å². The predicted octanol–water partition coefficient (Wildman–Crippen LogP) is 7.29. The van der Waals surface area contributed by atoms with E-state index in [9.17, 15) is 0 Å². The first-order valence-electron chi connectivity index (χ1n) is 14.0. The fourth-order valence-corrected chi connectivity index (χ4v) is 11.3. The summed E-state index contributed by atoms with van der Waals surface area (Å²) in [5.74, 6) is 1.87. The topological polar surface area (TPSA) is 32.6 Å². The van der Waals surface area contributed by atoms with Gasteiger partial charge < -0.3 is 18.8 Å². The van der Waals surface area contributed by atoms with Gasteiger partial charge in [-0.15, -0.1) is 0 Å². The second-order valence-electron chi connectivity index (χ2n) is 10.3. The Morgan fingerprint density at radius 2 is 1.02 bits per heavy atom. The van der Waals surface area contributed by atoms with Gasteiger partial charge >= 0.3 is 0 Å². The molecule has 1 aromatic heterocycles. The van der Waals surface area contributed by atoms with Crippen molar-refractivity contribution in [2.24, 2.45) is 7.05 Å². The molecule has 1 unspecified atom stereocenters. The van der Waals surface area contributed by atoms with Crippen LogP contribution in [-0.4, -0.2) is 25.9 Å². The van der Waals surface area contributed by atoms with Crippen molar-refractivity contribution in [3.63, 3.8) is 0 Å². The fourth-order valence-electron chi connectivity index (χ4n) is 6.35. The molecule has 0 amide bonds. The van der Waals surface area contributed by atoms with Gasteiger partial charge in [0.05, 0.1) is 21.3 Å². The molecule has 5 heteroatoms. The molecule has 0 aliphatic heterocycles. The van der Waals surface area contributed by atoms with Gasteiger partial charge in [-0.3, -0.25) is 0 Å². The van der Waals surface area contributed by atoms with E-state index in [1.807, 2.05) is 0 Å². The van der Waals surface area contributed by atoms with Crippen LogP contribution in [0, 0.1) is 0 Å². The first-order chi connectivity index (χ1) is 20.6. The zero-order valence-corrected chi connectivity index (χ0v) is 25.3. The lowest BCUT2D eigenvalue weighted by Gasteiger charge is -2.35. The number of hydrogen-bond donors (Lipinski definition) is 0. The van der Waals surface area contributed by atoms with Crippen LogP contribution < -0.4 is 30.1 Å². The highest BCUT2D eigenvalue weighted by atomic mass is 31.2. The molecule has 42 heavy (non-hydrogen) atoms. The van der Waals surface area contributed by atoms with E-state index in [0.717, 1.165) is 5.56 Å². The van der Waals surface area contributed by atoms with E-state index in [1.165, 1.54) is 32.4 Å². The molecule has 0 saturated carbocycles. The van der Waals surface area contributed by atoms with Crippen LogP contribution in [0.5, 0.6) is 17.2 Å². The largest absolute Gasteiger partial charge is 0.493 e. The molecular weight excluding hydrogens is 537 g/mol. The van der Waals surface area contributed by atoms with E-state index >= 15 is 0 Å². The van der Waals surface area contributed by atoms with Crippen LogP contribution in [0.25, 0.3) is 10.9 Å². The summed E-state index contributed by atoms with van der Waals surface area (Å²) in [5.41, 5.74) is 3.47. The Labute approximate surface area is 248 Å². The van der Waals surface area contributed by atoms with Gasteiger partial charge in [-0.2, -0.15) is 0 Å². The van der Waals surface area contributed by atoms with E-state index in [0.29, 0.717) is 17.2 Å². The summed E-state index contributed by atoms with van der Waals surface area (Å²) in [6.07, 6.45) is 2.31. The molecule has 0 aliphatic rings. The van der Waals surface area contributed by atoms with Gasteiger partial charge in [-0.1, -0.05) is 72.8 Å². The van der Waals surface area contributed by atoms with E-state index in [1.54, 1.807) is 21.3 Å². The van der Waals surface area contributed by atoms with Crippen molar-refractivity contribution in [3.8, 4) is 17.2 Å². The highest BCUT2D eigenvalue weighted by Gasteiger charge is 2.55. The van der Waals surface area contributed by atoms with Crippen molar-refractivity contribution in [2.45, 2.75) is 5.66 Å². The lowest BCUT2D eigenvalue weighted by molar-refractivity contribution is 0.324. The number of aromatic nitrogens is 1. The number of para-hydroxylation sites is 1. The number of rotatable bonds is 9. The van der Waals surface area contributed by atoms with Gasteiger partial charge in [-0.05, 0) is 54.6 Å². The van der Waals surface area contributed by atoms with Crippen molar-refractivity contribution in [1.29, 1.82) is 0 Å². The van der Waals surface area contributed by atoms with Gasteiger partial charge in [0, 0.05) is 35.3 Å². The fraction of sp³-hybridized carbons (Fsp3) is 0.135. The first kappa shape index (κ1) is 27.6. The summed E-state index contributed by atoms with van der Waals surface area (Å²) in [6.45, 7) is 0. The van der Waals surface area contributed by atoms with Crippen LogP contribution in [0.3, 0.4) is 0 Å². The zero-order valence-electron chi connectivity index (χ0n) is 24.4. The molecule has 0 radical (unpaired) electrons. The maximum absolute atomic E-state index is 5.93. The number of nitrogens with zero attached hydrogens (tertiary/aromatic N) is 1. The molecule has 1 heterocycles. The van der Waals surface area contributed by atoms with Crippen LogP contribution in [0.2, 0.25) is 0 Å². The third-order valence-electron chi connectivity index (χ3n) is 8.10. The summed E-state index contributed by atoms with van der Waals surface area (Å²) in [7, 11) is 4.70. The van der Waals surface area contributed by atoms with Crippen LogP contribution in [0.4, 0.5) is 0 Å². The number of methoxy groups -OCH3 is 3. The average molecular weight is 573 g/mol. The molecule has 4 nitrogen and oxygen atoms in total. The SMILES string of the molecule is COc1cc(C(c2cn(C)c3ccccc23)[P+](c2ccccc2)(c2ccccc2)c2ccccc2)cc(OC)c1OC. The minimum Gasteiger partial charge on any atom is -0.493 e. The molecule has 6 rings (SSSR count). The standard InChI is InChI=1S/C37H35NO3P/c1-38-26-32(31-22-14-15-23-33(31)38)37(27-24-34(39-2)36(41-4)35(25-27)40-3)42(28-16-8-5-9-17-28,29-18-10-6-11-19-29)30-20-12-7-13-21-30/h5-26,37H,1-4H3/q+1. The number of fused-ring (bicyclic) bond motifs is 1. The summed E-state index contributed by atoms with van der Waals surface area (Å²) in [4.78, 5) is 0. The second-order valence-corrected chi connectivity index (χ2v) is 13.8. The number of aryl methyl sites for hydroxylation is 1. The van der Waals surface area contributed by atoms with Crippen molar-refractivity contribution < 1.29 is 14.2 Å². The minimum atomic E-state index is -2.45. The van der Waals surface area contributed by atoms with Gasteiger partial charge in [-0.25, -0.2) is 0 Å². The van der Waals surface area contributed by atoms with Crippen LogP contribution in [-0.2, 0) is 7.05 Å². The third kappa shape index (κ3) is 4.53. The lowest BCUT2D eigenvalue weighted by Crippen LogP contribution is -2.35. The smallest absolute Gasteiger partial charge is 0.203 e. The molecule has 0 spiro atoms. The van der Waals surface area contributed by atoms with E-state index < -0.39 is 7.26 Å². The zero-order chi connectivity index (χ0) is 29.1. The number of ether oxygens (including phenoxy) is 3. The van der Waals surface area contributed by atoms with E-state index in [-0.39, 0.29) is 5.66 Å². The van der Waals surface area contributed by atoms with Crippen LogP contribution in [0.1, 0.15) is 16.8 Å². The van der Waals surface area contributed by atoms with Gasteiger partial charge in [0.25, 0.3) is 0 Å². The average Bonchev–Trinajstić information content (AvgIpc) is 3.39. The maximum Gasteiger partial charge on any atom is 0.203 e. The molecule has 0 aliphatic carbocycles. The van der Waals surface area contributed by atoms with Crippen molar-refractivity contribution >= 4 is 34.1 Å². The Bertz CT molecular complexity index is 1680. The molecule has 1 atom stereocenters. The highest BCUT2D eigenvalue weighted by Crippen LogP contribution is 2.70. The van der Waals surface area contributed by atoms with E-state index in [4.69, 9.17) is 14.2 Å². The number of benzene rings is 5. The monoisotopic (exact) mass is 572 g/mol. The Hall–Kier alpha value is -4.53. The molecule has 6 aromatic rings. The Morgan fingerprint density at radius 1 is 0.571 bits per heavy atom. The molecule has 0 saturated heterocycles. The lowest BCUT2D eigenvalue weighted by atomic mass is 10.0. The summed E-state index contributed by atoms with van der Waals surface area (Å²) < 4.78 is 19.9. The highest BCUT2D eigenvalue weighted by molar-refractivity contribution is 7.96. The Balaban J connectivity index is 1.84. The predicted molar refractivity (Wildman–Crippen MR) is 176 cm³/mol. The Kier molecular flexibility index (Phi) is 7.73. The van der Waals surface area contributed by atoms with Crippen LogP contribution >= 0.6 is 7.26 Å². The quantitative estimate of drug-likeness (QED) is 0.171. The van der Waals surface area contributed by atoms with Gasteiger partial charge in [0.2, 0.25) is 5.75 Å². The third-order valence-corrected chi connectivity index (χ3v) is 12.8. The molecule has 210 valence electrons. The van der Waals surface area contributed by atoms with Crippen molar-refractivity contribution in [2.75, 3.05) is 21.3 Å². The molecule has 0 N–H and O–H groups in total. The summed E-state index contributed by atoms with van der Waals surface area (Å²) in [6, 6.07) is 46.0.